The van der Waals surface area contributed by atoms with E-state index in [0.717, 1.165) is 18.0 Å². The number of alkyl halides is 2. The van der Waals surface area contributed by atoms with E-state index in [1.165, 1.54) is 0 Å². The van der Waals surface area contributed by atoms with Crippen LogP contribution in [0.5, 0.6) is 0 Å². The van der Waals surface area contributed by atoms with E-state index in [1.807, 2.05) is 0 Å². The Morgan fingerprint density at radius 1 is 1.67 bits per heavy atom. The Morgan fingerprint density at radius 3 is 2.89 bits per heavy atom. The lowest BCUT2D eigenvalue weighted by atomic mass is 10.4. The minimum atomic E-state index is -2.58. The highest BCUT2D eigenvalue weighted by molar-refractivity contribution is 6.32. The molecule has 0 fully saturated rings. The fraction of sp³-hybridized carbons (Fsp3) is 0.444. The standard InChI is InChI=1S/C9H10ClF2N3O3/c1-18-7(16)4-15-9(17)8(10)5(2-14-15)13-3-6(11)12/h2,6,13H,3-4H2,1H3. The molecule has 1 aromatic heterocycles. The highest BCUT2D eigenvalue weighted by atomic mass is 35.5. The van der Waals surface area contributed by atoms with Crippen molar-refractivity contribution < 1.29 is 18.3 Å². The molecule has 0 radical (unpaired) electrons. The van der Waals surface area contributed by atoms with Crippen LogP contribution in [0.1, 0.15) is 0 Å². The number of hydrogen-bond acceptors (Lipinski definition) is 5. The first kappa shape index (κ1) is 14.4. The molecule has 0 atom stereocenters. The van der Waals surface area contributed by atoms with Crippen LogP contribution in [0.3, 0.4) is 0 Å². The highest BCUT2D eigenvalue weighted by Crippen LogP contribution is 2.15. The van der Waals surface area contributed by atoms with Gasteiger partial charge in [-0.25, -0.2) is 13.5 Å². The van der Waals surface area contributed by atoms with Crippen LogP contribution in [0.25, 0.3) is 0 Å². The molecule has 1 aromatic rings. The van der Waals surface area contributed by atoms with Gasteiger partial charge in [0.25, 0.3) is 12.0 Å². The number of nitrogens with one attached hydrogen (secondary N) is 1. The Kier molecular flexibility index (Phi) is 5.02. The van der Waals surface area contributed by atoms with E-state index >= 15 is 0 Å². The Hall–Kier alpha value is -1.70. The molecule has 0 spiro atoms. The lowest BCUT2D eigenvalue weighted by molar-refractivity contribution is -0.141. The Morgan fingerprint density at radius 2 is 2.33 bits per heavy atom. The summed E-state index contributed by atoms with van der Waals surface area (Å²) >= 11 is 5.68. The molecular formula is C9H10ClF2N3O3. The molecule has 0 unspecified atom stereocenters. The number of hydrogen-bond donors (Lipinski definition) is 1. The van der Waals surface area contributed by atoms with Gasteiger partial charge in [0.15, 0.2) is 0 Å². The summed E-state index contributed by atoms with van der Waals surface area (Å²) < 4.78 is 29.1. The maximum absolute atomic E-state index is 12.0. The molecule has 0 aromatic carbocycles. The van der Waals surface area contributed by atoms with Crippen molar-refractivity contribution in [1.29, 1.82) is 0 Å². The summed E-state index contributed by atoms with van der Waals surface area (Å²) in [5.41, 5.74) is -0.774. The molecule has 1 N–H and O–H groups in total. The second-order valence-electron chi connectivity index (χ2n) is 3.18. The van der Waals surface area contributed by atoms with Gasteiger partial charge in [-0.15, -0.1) is 0 Å². The molecule has 9 heteroatoms. The van der Waals surface area contributed by atoms with Crippen LogP contribution >= 0.6 is 11.6 Å². The number of esters is 1. The number of rotatable bonds is 5. The van der Waals surface area contributed by atoms with Crippen molar-refractivity contribution in [3.63, 3.8) is 0 Å². The average Bonchev–Trinajstić information content (AvgIpc) is 2.33. The number of ether oxygens (including phenoxy) is 1. The predicted octanol–water partition coefficient (Wildman–Crippen LogP) is 0.747. The number of carbonyl (C=O) groups excluding carboxylic acids is 1. The van der Waals surface area contributed by atoms with E-state index in [4.69, 9.17) is 11.6 Å². The SMILES string of the molecule is COC(=O)Cn1ncc(NCC(F)F)c(Cl)c1=O. The van der Waals surface area contributed by atoms with Gasteiger partial charge in [0.2, 0.25) is 0 Å². The quantitative estimate of drug-likeness (QED) is 0.806. The van der Waals surface area contributed by atoms with E-state index in [2.05, 4.69) is 15.2 Å². The summed E-state index contributed by atoms with van der Waals surface area (Å²) in [6.45, 7) is -1.05. The first-order valence-corrected chi connectivity index (χ1v) is 5.18. The third kappa shape index (κ3) is 3.66. The lowest BCUT2D eigenvalue weighted by Gasteiger charge is -2.09. The molecule has 0 aliphatic rings. The third-order valence-corrected chi connectivity index (χ3v) is 2.30. The van der Waals surface area contributed by atoms with Gasteiger partial charge in [-0.3, -0.25) is 9.59 Å². The molecule has 0 aliphatic heterocycles. The van der Waals surface area contributed by atoms with E-state index < -0.39 is 31.0 Å². The fourth-order valence-electron chi connectivity index (χ4n) is 1.07. The van der Waals surface area contributed by atoms with Crippen LogP contribution in [-0.4, -0.2) is 35.8 Å². The first-order valence-electron chi connectivity index (χ1n) is 4.80. The van der Waals surface area contributed by atoms with Crippen molar-refractivity contribution in [1.82, 2.24) is 9.78 Å². The summed E-state index contributed by atoms with van der Waals surface area (Å²) in [4.78, 5) is 22.6. The second kappa shape index (κ2) is 6.29. The molecule has 0 aliphatic carbocycles. The van der Waals surface area contributed by atoms with Crippen LogP contribution in [0.4, 0.5) is 14.5 Å². The second-order valence-corrected chi connectivity index (χ2v) is 3.56. The zero-order valence-corrected chi connectivity index (χ0v) is 10.1. The molecule has 0 bridgehead atoms. The molecule has 0 saturated carbocycles. The van der Waals surface area contributed by atoms with Crippen LogP contribution < -0.4 is 10.9 Å². The van der Waals surface area contributed by atoms with Gasteiger partial charge >= 0.3 is 5.97 Å². The van der Waals surface area contributed by atoms with Crippen molar-refractivity contribution in [3.8, 4) is 0 Å². The topological polar surface area (TPSA) is 73.2 Å². The summed E-state index contributed by atoms with van der Waals surface area (Å²) in [6.07, 6.45) is -1.49. The normalized spacial score (nSPS) is 10.5. The summed E-state index contributed by atoms with van der Waals surface area (Å²) in [5.74, 6) is -0.672. The summed E-state index contributed by atoms with van der Waals surface area (Å²) in [7, 11) is 1.16. The minimum absolute atomic E-state index is 0.0110. The van der Waals surface area contributed by atoms with Gasteiger partial charge in [-0.2, -0.15) is 5.10 Å². The van der Waals surface area contributed by atoms with Gasteiger partial charge < -0.3 is 10.1 Å². The van der Waals surface area contributed by atoms with E-state index in [9.17, 15) is 18.4 Å². The van der Waals surface area contributed by atoms with Crippen molar-refractivity contribution >= 4 is 23.3 Å². The lowest BCUT2D eigenvalue weighted by Crippen LogP contribution is -2.28. The molecular weight excluding hydrogens is 272 g/mol. The molecule has 1 rings (SSSR count). The van der Waals surface area contributed by atoms with Crippen LogP contribution in [0.2, 0.25) is 5.02 Å². The number of halogens is 3. The zero-order valence-electron chi connectivity index (χ0n) is 9.32. The number of carbonyl (C=O) groups is 1. The van der Waals surface area contributed by atoms with Gasteiger partial charge in [-0.1, -0.05) is 11.6 Å². The van der Waals surface area contributed by atoms with E-state index in [1.54, 1.807) is 0 Å². The van der Waals surface area contributed by atoms with E-state index in [-0.39, 0.29) is 10.7 Å². The number of aromatic nitrogens is 2. The average molecular weight is 282 g/mol. The highest BCUT2D eigenvalue weighted by Gasteiger charge is 2.13. The predicted molar refractivity (Wildman–Crippen MR) is 60.0 cm³/mol. The Balaban J connectivity index is 2.91. The molecule has 1 heterocycles. The number of methoxy groups -OCH3 is 1. The summed E-state index contributed by atoms with van der Waals surface area (Å²) in [5, 5.41) is 5.58. The molecule has 6 nitrogen and oxygen atoms in total. The third-order valence-electron chi connectivity index (χ3n) is 1.94. The minimum Gasteiger partial charge on any atom is -0.468 e. The zero-order chi connectivity index (χ0) is 13.7. The fourth-order valence-corrected chi connectivity index (χ4v) is 1.29. The Labute approximate surface area is 105 Å². The Bertz CT molecular complexity index is 492. The summed E-state index contributed by atoms with van der Waals surface area (Å²) in [6, 6.07) is 0. The molecule has 0 saturated heterocycles. The van der Waals surface area contributed by atoms with Crippen molar-refractivity contribution in [2.24, 2.45) is 0 Å². The van der Waals surface area contributed by atoms with Crippen LogP contribution in [-0.2, 0) is 16.1 Å². The molecule has 100 valence electrons. The first-order chi connectivity index (χ1) is 8.45. The van der Waals surface area contributed by atoms with E-state index in [0.29, 0.717) is 0 Å². The number of nitrogens with zero attached hydrogens (tertiary/aromatic N) is 2. The van der Waals surface area contributed by atoms with Gasteiger partial charge in [0.1, 0.15) is 11.6 Å². The van der Waals surface area contributed by atoms with Gasteiger partial charge in [0, 0.05) is 0 Å². The van der Waals surface area contributed by atoms with Crippen molar-refractivity contribution in [3.05, 3.63) is 21.6 Å². The van der Waals surface area contributed by atoms with Crippen molar-refractivity contribution in [2.75, 3.05) is 19.0 Å². The monoisotopic (exact) mass is 281 g/mol. The maximum atomic E-state index is 12.0. The molecule has 18 heavy (non-hydrogen) atoms. The van der Waals surface area contributed by atoms with Crippen LogP contribution in [0, 0.1) is 0 Å². The number of anilines is 1. The smallest absolute Gasteiger partial charge is 0.327 e. The van der Waals surface area contributed by atoms with Gasteiger partial charge in [0.05, 0.1) is 25.5 Å². The molecule has 0 amide bonds. The maximum Gasteiger partial charge on any atom is 0.327 e. The van der Waals surface area contributed by atoms with Crippen LogP contribution in [0.15, 0.2) is 11.0 Å². The largest absolute Gasteiger partial charge is 0.468 e. The van der Waals surface area contributed by atoms with Gasteiger partial charge in [-0.05, 0) is 0 Å². The van der Waals surface area contributed by atoms with Crippen molar-refractivity contribution in [2.45, 2.75) is 13.0 Å².